The van der Waals surface area contributed by atoms with Gasteiger partial charge in [0.15, 0.2) is 5.82 Å². The minimum Gasteiger partial charge on any atom is -0.508 e. The van der Waals surface area contributed by atoms with Crippen molar-refractivity contribution >= 4 is 0 Å². The Morgan fingerprint density at radius 2 is 2.17 bits per heavy atom. The van der Waals surface area contributed by atoms with Crippen molar-refractivity contribution in [2.45, 2.75) is 25.4 Å². The fourth-order valence-corrected chi connectivity index (χ4v) is 2.60. The van der Waals surface area contributed by atoms with Gasteiger partial charge < -0.3 is 9.84 Å². The highest BCUT2D eigenvalue weighted by atomic mass is 19.4. The summed E-state index contributed by atoms with van der Waals surface area (Å²) in [7, 11) is 0. The minimum atomic E-state index is -4.38. The Labute approximate surface area is 135 Å². The molecule has 1 aromatic carbocycles. The van der Waals surface area contributed by atoms with Crippen LogP contribution in [-0.2, 0) is 17.8 Å². The van der Waals surface area contributed by atoms with Crippen LogP contribution in [0.15, 0.2) is 24.3 Å². The fraction of sp³-hybridized carbons (Fsp3) is 0.500. The van der Waals surface area contributed by atoms with E-state index in [0.29, 0.717) is 19.7 Å². The molecule has 0 saturated carbocycles. The number of alkyl halides is 3. The van der Waals surface area contributed by atoms with Crippen molar-refractivity contribution in [1.82, 2.24) is 25.1 Å². The Morgan fingerprint density at radius 3 is 2.92 bits per heavy atom. The van der Waals surface area contributed by atoms with Gasteiger partial charge in [-0.15, -0.1) is 5.10 Å². The van der Waals surface area contributed by atoms with E-state index in [0.717, 1.165) is 10.2 Å². The molecule has 1 N–H and O–H groups in total. The van der Waals surface area contributed by atoms with E-state index in [1.165, 1.54) is 0 Å². The highest BCUT2D eigenvalue weighted by molar-refractivity contribution is 5.29. The number of phenols is 1. The van der Waals surface area contributed by atoms with E-state index in [2.05, 4.69) is 15.5 Å². The molecule has 10 heteroatoms. The predicted molar refractivity (Wildman–Crippen MR) is 75.9 cm³/mol. The zero-order chi connectivity index (χ0) is 17.2. The number of tetrazole rings is 1. The number of aromatic nitrogens is 4. The molecule has 2 heterocycles. The van der Waals surface area contributed by atoms with Crippen LogP contribution in [0.25, 0.3) is 0 Å². The molecule has 1 aliphatic heterocycles. The van der Waals surface area contributed by atoms with Gasteiger partial charge in [0.1, 0.15) is 12.3 Å². The van der Waals surface area contributed by atoms with Gasteiger partial charge in [0.25, 0.3) is 0 Å². The lowest BCUT2D eigenvalue weighted by Gasteiger charge is -2.32. The lowest BCUT2D eigenvalue weighted by Crippen LogP contribution is -2.38. The molecule has 130 valence electrons. The largest absolute Gasteiger partial charge is 0.508 e. The van der Waals surface area contributed by atoms with Crippen molar-refractivity contribution in [3.8, 4) is 5.75 Å². The number of morpholine rings is 1. The summed E-state index contributed by atoms with van der Waals surface area (Å²) < 4.78 is 44.0. The van der Waals surface area contributed by atoms with Crippen LogP contribution in [0.2, 0.25) is 0 Å². The maximum absolute atomic E-state index is 12.5. The van der Waals surface area contributed by atoms with Crippen molar-refractivity contribution in [2.75, 3.05) is 19.7 Å². The second-order valence-electron chi connectivity index (χ2n) is 5.56. The van der Waals surface area contributed by atoms with E-state index in [4.69, 9.17) is 4.74 Å². The summed E-state index contributed by atoms with van der Waals surface area (Å²) in [4.78, 5) is 1.93. The first-order valence-electron chi connectivity index (χ1n) is 7.35. The van der Waals surface area contributed by atoms with Crippen molar-refractivity contribution < 1.29 is 23.0 Å². The quantitative estimate of drug-likeness (QED) is 0.907. The maximum Gasteiger partial charge on any atom is 0.408 e. The van der Waals surface area contributed by atoms with Crippen LogP contribution in [0.5, 0.6) is 5.75 Å². The van der Waals surface area contributed by atoms with Gasteiger partial charge in [0.2, 0.25) is 0 Å². The summed E-state index contributed by atoms with van der Waals surface area (Å²) >= 11 is 0. The molecule has 1 saturated heterocycles. The molecule has 1 atom stereocenters. The van der Waals surface area contributed by atoms with E-state index in [1.54, 1.807) is 18.2 Å². The molecule has 0 aliphatic carbocycles. The number of phenolic OH excluding ortho intramolecular Hbond substituents is 1. The van der Waals surface area contributed by atoms with Crippen molar-refractivity contribution in [1.29, 1.82) is 0 Å². The van der Waals surface area contributed by atoms with Crippen LogP contribution in [-0.4, -0.2) is 56.1 Å². The summed E-state index contributed by atoms with van der Waals surface area (Å²) in [6, 6.07) is 6.73. The molecule has 1 unspecified atom stereocenters. The van der Waals surface area contributed by atoms with Gasteiger partial charge in [-0.25, -0.2) is 4.68 Å². The van der Waals surface area contributed by atoms with E-state index >= 15 is 0 Å². The van der Waals surface area contributed by atoms with Crippen LogP contribution in [0.1, 0.15) is 17.5 Å². The third-order valence-electron chi connectivity index (χ3n) is 3.69. The monoisotopic (exact) mass is 343 g/mol. The fourth-order valence-electron chi connectivity index (χ4n) is 2.60. The van der Waals surface area contributed by atoms with Crippen molar-refractivity contribution in [3.63, 3.8) is 0 Å². The Hall–Kier alpha value is -2.20. The van der Waals surface area contributed by atoms with Crippen LogP contribution in [0.4, 0.5) is 13.2 Å². The molecule has 0 radical (unpaired) electrons. The Morgan fingerprint density at radius 1 is 1.33 bits per heavy atom. The van der Waals surface area contributed by atoms with Crippen LogP contribution >= 0.6 is 0 Å². The summed E-state index contributed by atoms with van der Waals surface area (Å²) in [5.74, 6) is 0.297. The van der Waals surface area contributed by atoms with Gasteiger partial charge in [-0.3, -0.25) is 4.90 Å². The number of ether oxygens (including phenoxy) is 1. The molecule has 0 bridgehead atoms. The zero-order valence-corrected chi connectivity index (χ0v) is 12.6. The highest BCUT2D eigenvalue weighted by Crippen LogP contribution is 2.25. The Balaban J connectivity index is 1.67. The highest BCUT2D eigenvalue weighted by Gasteiger charge is 2.31. The van der Waals surface area contributed by atoms with Gasteiger partial charge in [-0.05, 0) is 28.1 Å². The smallest absolute Gasteiger partial charge is 0.408 e. The summed E-state index contributed by atoms with van der Waals surface area (Å²) in [5, 5.41) is 20.0. The second kappa shape index (κ2) is 6.73. The number of nitrogens with zero attached hydrogens (tertiary/aromatic N) is 5. The predicted octanol–water partition coefficient (Wildman–Crippen LogP) is 1.51. The topological polar surface area (TPSA) is 76.3 Å². The molecule has 1 fully saturated rings. The van der Waals surface area contributed by atoms with Crippen molar-refractivity contribution in [2.24, 2.45) is 0 Å². The van der Waals surface area contributed by atoms with Crippen LogP contribution in [0, 0.1) is 0 Å². The van der Waals surface area contributed by atoms with Crippen LogP contribution in [0.3, 0.4) is 0 Å². The van der Waals surface area contributed by atoms with Crippen molar-refractivity contribution in [3.05, 3.63) is 35.7 Å². The summed E-state index contributed by atoms with van der Waals surface area (Å²) in [6.45, 7) is 0.453. The van der Waals surface area contributed by atoms with E-state index in [9.17, 15) is 18.3 Å². The normalized spacial score (nSPS) is 19.5. The zero-order valence-electron chi connectivity index (χ0n) is 12.6. The number of aromatic hydroxyl groups is 1. The number of rotatable bonds is 4. The van der Waals surface area contributed by atoms with Gasteiger partial charge >= 0.3 is 6.18 Å². The van der Waals surface area contributed by atoms with E-state index in [1.807, 2.05) is 11.0 Å². The summed E-state index contributed by atoms with van der Waals surface area (Å²) in [6.07, 6.45) is -4.64. The molecule has 0 spiro atoms. The molecule has 1 aromatic heterocycles. The Kier molecular flexibility index (Phi) is 4.67. The number of benzene rings is 1. The Bertz CT molecular complexity index is 691. The number of hydrogen-bond acceptors (Lipinski definition) is 6. The third-order valence-corrected chi connectivity index (χ3v) is 3.69. The van der Waals surface area contributed by atoms with E-state index < -0.39 is 12.7 Å². The number of halogens is 3. The van der Waals surface area contributed by atoms with Gasteiger partial charge in [0, 0.05) is 13.1 Å². The molecule has 0 amide bonds. The first-order valence-corrected chi connectivity index (χ1v) is 7.35. The standard InChI is InChI=1S/C14H16F3N5O2/c15-14(16,17)9-22-13(18-19-20-22)8-21-4-5-24-12(7-21)10-2-1-3-11(23)6-10/h1-3,6,12,23H,4-5,7-9H2. The maximum atomic E-state index is 12.5. The van der Waals surface area contributed by atoms with Gasteiger partial charge in [-0.1, -0.05) is 12.1 Å². The van der Waals surface area contributed by atoms with E-state index in [-0.39, 0.29) is 24.2 Å². The van der Waals surface area contributed by atoms with Gasteiger partial charge in [-0.2, -0.15) is 13.2 Å². The first-order chi connectivity index (χ1) is 11.4. The molecule has 7 nitrogen and oxygen atoms in total. The average Bonchev–Trinajstić information content (AvgIpc) is 2.92. The second-order valence-corrected chi connectivity index (χ2v) is 5.56. The lowest BCUT2D eigenvalue weighted by atomic mass is 10.1. The molecular weight excluding hydrogens is 327 g/mol. The minimum absolute atomic E-state index is 0.141. The molecule has 2 aromatic rings. The molecular formula is C14H16F3N5O2. The third kappa shape index (κ3) is 4.20. The summed E-state index contributed by atoms with van der Waals surface area (Å²) in [5.41, 5.74) is 0.814. The molecule has 24 heavy (non-hydrogen) atoms. The van der Waals surface area contributed by atoms with Crippen LogP contribution < -0.4 is 0 Å². The van der Waals surface area contributed by atoms with Gasteiger partial charge in [0.05, 0.1) is 19.3 Å². The number of hydrogen-bond donors (Lipinski definition) is 1. The average molecular weight is 343 g/mol. The first kappa shape index (κ1) is 16.7. The molecule has 1 aliphatic rings. The lowest BCUT2D eigenvalue weighted by molar-refractivity contribution is -0.143. The SMILES string of the molecule is Oc1cccc(C2CN(Cc3nnnn3CC(F)(F)F)CCO2)c1. The molecule has 3 rings (SSSR count).